The number of hydrogen-bond donors (Lipinski definition) is 1. The summed E-state index contributed by atoms with van der Waals surface area (Å²) in [6.07, 6.45) is 4.04. The quantitative estimate of drug-likeness (QED) is 0.930. The highest BCUT2D eigenvalue weighted by atomic mass is 32.1. The van der Waals surface area contributed by atoms with E-state index in [4.69, 9.17) is 0 Å². The summed E-state index contributed by atoms with van der Waals surface area (Å²) in [5, 5.41) is 2.93. The molecule has 1 aromatic heterocycles. The Kier molecular flexibility index (Phi) is 4.10. The standard InChI is InChI=1S/C19H20N2O2S/c22-18(17-11-14-7-4-8-16(14)24-17)20-15-9-10-21(19(15)23)12-13-5-2-1-3-6-13/h1-3,5-6,11,15H,4,7-10,12H2,(H,20,22)/t15-/m0/s1. The van der Waals surface area contributed by atoms with Crippen LogP contribution in [0.3, 0.4) is 0 Å². The van der Waals surface area contributed by atoms with E-state index in [1.807, 2.05) is 41.3 Å². The number of likely N-dealkylation sites (tertiary alicyclic amines) is 1. The molecule has 5 heteroatoms. The van der Waals surface area contributed by atoms with Crippen molar-refractivity contribution in [2.75, 3.05) is 6.54 Å². The van der Waals surface area contributed by atoms with Crippen molar-refractivity contribution in [3.8, 4) is 0 Å². The van der Waals surface area contributed by atoms with Crippen LogP contribution in [0.15, 0.2) is 36.4 Å². The van der Waals surface area contributed by atoms with Gasteiger partial charge in [0.1, 0.15) is 6.04 Å². The molecular formula is C19H20N2O2S. The van der Waals surface area contributed by atoms with Crippen molar-refractivity contribution >= 4 is 23.2 Å². The average molecular weight is 340 g/mol. The zero-order chi connectivity index (χ0) is 16.5. The SMILES string of the molecule is O=C(N[C@H]1CCN(Cc2ccccc2)C1=O)c1cc2c(s1)CCC2. The summed E-state index contributed by atoms with van der Waals surface area (Å²) < 4.78 is 0. The van der Waals surface area contributed by atoms with Crippen LogP contribution >= 0.6 is 11.3 Å². The predicted octanol–water partition coefficient (Wildman–Crippen LogP) is 2.77. The molecule has 0 unspecified atom stereocenters. The lowest BCUT2D eigenvalue weighted by atomic mass is 10.2. The molecule has 2 heterocycles. The first-order valence-corrected chi connectivity index (χ1v) is 9.27. The summed E-state index contributed by atoms with van der Waals surface area (Å²) in [5.41, 5.74) is 2.43. The van der Waals surface area contributed by atoms with Gasteiger partial charge in [0, 0.05) is 18.0 Å². The van der Waals surface area contributed by atoms with Crippen LogP contribution in [0.2, 0.25) is 0 Å². The molecule has 1 fully saturated rings. The molecule has 0 spiro atoms. The first-order chi connectivity index (χ1) is 11.7. The van der Waals surface area contributed by atoms with Gasteiger partial charge in [-0.1, -0.05) is 30.3 Å². The topological polar surface area (TPSA) is 49.4 Å². The molecule has 1 N–H and O–H groups in total. The fourth-order valence-corrected chi connectivity index (χ4v) is 4.66. The van der Waals surface area contributed by atoms with Crippen LogP contribution in [0.5, 0.6) is 0 Å². The minimum Gasteiger partial charge on any atom is -0.339 e. The van der Waals surface area contributed by atoms with E-state index in [0.717, 1.165) is 23.3 Å². The second-order valence-corrected chi connectivity index (χ2v) is 7.61. The van der Waals surface area contributed by atoms with Crippen molar-refractivity contribution in [1.82, 2.24) is 10.2 Å². The number of thiophene rings is 1. The lowest BCUT2D eigenvalue weighted by molar-refractivity contribution is -0.129. The smallest absolute Gasteiger partial charge is 0.262 e. The number of hydrogen-bond acceptors (Lipinski definition) is 3. The molecule has 1 saturated heterocycles. The maximum absolute atomic E-state index is 12.5. The zero-order valence-corrected chi connectivity index (χ0v) is 14.3. The molecule has 1 aliphatic carbocycles. The van der Waals surface area contributed by atoms with Crippen molar-refractivity contribution in [2.24, 2.45) is 0 Å². The molecule has 1 atom stereocenters. The van der Waals surface area contributed by atoms with E-state index in [1.165, 1.54) is 16.9 Å². The van der Waals surface area contributed by atoms with E-state index >= 15 is 0 Å². The molecule has 0 radical (unpaired) electrons. The van der Waals surface area contributed by atoms with Crippen LogP contribution < -0.4 is 5.32 Å². The van der Waals surface area contributed by atoms with Gasteiger partial charge in [-0.05, 0) is 42.9 Å². The number of rotatable bonds is 4. The number of nitrogens with zero attached hydrogens (tertiary/aromatic N) is 1. The molecule has 2 aliphatic rings. The summed E-state index contributed by atoms with van der Waals surface area (Å²) in [4.78, 5) is 28.9. The lowest BCUT2D eigenvalue weighted by Gasteiger charge is -2.17. The van der Waals surface area contributed by atoms with Crippen molar-refractivity contribution in [3.63, 3.8) is 0 Å². The third kappa shape index (κ3) is 2.96. The number of aryl methyl sites for hydroxylation is 2. The van der Waals surface area contributed by atoms with Crippen molar-refractivity contribution < 1.29 is 9.59 Å². The number of benzene rings is 1. The van der Waals surface area contributed by atoms with Crippen LogP contribution in [0.1, 0.15) is 38.5 Å². The monoisotopic (exact) mass is 340 g/mol. The van der Waals surface area contributed by atoms with Gasteiger partial charge in [0.05, 0.1) is 4.88 Å². The van der Waals surface area contributed by atoms with E-state index in [-0.39, 0.29) is 11.8 Å². The first-order valence-electron chi connectivity index (χ1n) is 8.46. The van der Waals surface area contributed by atoms with Gasteiger partial charge in [0.15, 0.2) is 0 Å². The van der Waals surface area contributed by atoms with E-state index in [9.17, 15) is 9.59 Å². The van der Waals surface area contributed by atoms with Gasteiger partial charge in [0.25, 0.3) is 5.91 Å². The number of nitrogens with one attached hydrogen (secondary N) is 1. The Hall–Kier alpha value is -2.14. The highest BCUT2D eigenvalue weighted by Crippen LogP contribution is 2.30. The van der Waals surface area contributed by atoms with Gasteiger partial charge in [-0.25, -0.2) is 0 Å². The summed E-state index contributed by atoms with van der Waals surface area (Å²) in [6.45, 7) is 1.30. The Morgan fingerprint density at radius 1 is 1.25 bits per heavy atom. The summed E-state index contributed by atoms with van der Waals surface area (Å²) in [7, 11) is 0. The molecule has 4 nitrogen and oxygen atoms in total. The normalized spacial score (nSPS) is 19.6. The molecule has 2 amide bonds. The third-order valence-electron chi connectivity index (χ3n) is 4.79. The largest absolute Gasteiger partial charge is 0.339 e. The maximum atomic E-state index is 12.5. The van der Waals surface area contributed by atoms with Gasteiger partial charge in [0.2, 0.25) is 5.91 Å². The Morgan fingerprint density at radius 2 is 2.08 bits per heavy atom. The summed E-state index contributed by atoms with van der Waals surface area (Å²) >= 11 is 1.58. The van der Waals surface area contributed by atoms with Crippen molar-refractivity contribution in [3.05, 3.63) is 57.3 Å². The van der Waals surface area contributed by atoms with Gasteiger partial charge in [-0.2, -0.15) is 0 Å². The van der Waals surface area contributed by atoms with Crippen LogP contribution in [0.4, 0.5) is 0 Å². The van der Waals surface area contributed by atoms with E-state index in [2.05, 4.69) is 5.32 Å². The second kappa shape index (κ2) is 6.40. The van der Waals surface area contributed by atoms with Crippen LogP contribution in [0, 0.1) is 0 Å². The molecule has 24 heavy (non-hydrogen) atoms. The van der Waals surface area contributed by atoms with Crippen molar-refractivity contribution in [1.29, 1.82) is 0 Å². The minimum absolute atomic E-state index is 0.0244. The average Bonchev–Trinajstić information content (AvgIpc) is 3.26. The fraction of sp³-hybridized carbons (Fsp3) is 0.368. The maximum Gasteiger partial charge on any atom is 0.262 e. The molecule has 0 bridgehead atoms. The molecule has 1 aromatic carbocycles. The fourth-order valence-electron chi connectivity index (χ4n) is 3.50. The highest BCUT2D eigenvalue weighted by Gasteiger charge is 2.33. The number of amides is 2. The number of carbonyl (C=O) groups is 2. The summed E-state index contributed by atoms with van der Waals surface area (Å²) in [5.74, 6) is -0.0781. The minimum atomic E-state index is -0.391. The zero-order valence-electron chi connectivity index (χ0n) is 13.5. The number of carbonyl (C=O) groups excluding carboxylic acids is 2. The summed E-state index contributed by atoms with van der Waals surface area (Å²) in [6, 6.07) is 11.6. The van der Waals surface area contributed by atoms with E-state index in [1.54, 1.807) is 11.3 Å². The highest BCUT2D eigenvalue weighted by molar-refractivity contribution is 7.14. The van der Waals surface area contributed by atoms with Gasteiger partial charge < -0.3 is 10.2 Å². The molecule has 2 aromatic rings. The molecule has 4 rings (SSSR count). The number of fused-ring (bicyclic) bond motifs is 1. The first kappa shape index (κ1) is 15.4. The predicted molar refractivity (Wildman–Crippen MR) is 94.1 cm³/mol. The molecule has 1 aliphatic heterocycles. The van der Waals surface area contributed by atoms with Crippen LogP contribution in [-0.4, -0.2) is 29.3 Å². The Bertz CT molecular complexity index is 747. The third-order valence-corrected chi connectivity index (χ3v) is 6.03. The van der Waals surface area contributed by atoms with Crippen molar-refractivity contribution in [2.45, 2.75) is 38.3 Å². The van der Waals surface area contributed by atoms with Gasteiger partial charge >= 0.3 is 0 Å². The second-order valence-electron chi connectivity index (χ2n) is 6.47. The van der Waals surface area contributed by atoms with E-state index in [0.29, 0.717) is 19.5 Å². The molecule has 0 saturated carbocycles. The van der Waals surface area contributed by atoms with E-state index < -0.39 is 6.04 Å². The van der Waals surface area contributed by atoms with Crippen LogP contribution in [0.25, 0.3) is 0 Å². The Labute approximate surface area is 145 Å². The van der Waals surface area contributed by atoms with Crippen LogP contribution in [-0.2, 0) is 24.2 Å². The Balaban J connectivity index is 1.38. The molecular weight excluding hydrogens is 320 g/mol. The van der Waals surface area contributed by atoms with Gasteiger partial charge in [-0.15, -0.1) is 11.3 Å². The molecule has 124 valence electrons. The Morgan fingerprint density at radius 3 is 2.88 bits per heavy atom. The van der Waals surface area contributed by atoms with Gasteiger partial charge in [-0.3, -0.25) is 9.59 Å². The lowest BCUT2D eigenvalue weighted by Crippen LogP contribution is -2.41.